The summed E-state index contributed by atoms with van der Waals surface area (Å²) < 4.78 is 32.7. The molecule has 2 atom stereocenters. The molecule has 0 fully saturated rings. The van der Waals surface area contributed by atoms with Gasteiger partial charge < -0.3 is 10.5 Å². The average molecular weight is 701 g/mol. The number of ether oxygens (including phenoxy) is 1. The van der Waals surface area contributed by atoms with Gasteiger partial charge in [0.05, 0.1) is 23.7 Å². The summed E-state index contributed by atoms with van der Waals surface area (Å²) in [5.41, 5.74) is 8.38. The van der Waals surface area contributed by atoms with Crippen molar-refractivity contribution in [2.75, 3.05) is 6.61 Å². The number of esters is 1. The van der Waals surface area contributed by atoms with Gasteiger partial charge in [-0.25, -0.2) is 14.7 Å². The Morgan fingerprint density at radius 2 is 1.80 bits per heavy atom. The first-order chi connectivity index (χ1) is 23.8. The highest BCUT2D eigenvalue weighted by Crippen LogP contribution is 2.45. The standard InChI is InChI=1S/C36H35ClF2N8O3/c1-35(2,3)20-36(26-12-9-23(10-13-26)25-17-43-46(18-25)33(38)39)32(49)47(34(40)44-36)29(19-50-30(48)15-22-7-5-4-6-8-22)24-11-14-28(37)27(16-24)31-41-21-42-45-31/h4-14,16-18,21,29,33H,15,19-20H2,1-3H3,(H2,40,44)(H,41,42,45)/t29-,36-/m1/s1. The molecule has 0 unspecified atom stereocenters. The van der Waals surface area contributed by atoms with E-state index in [9.17, 15) is 18.4 Å². The summed E-state index contributed by atoms with van der Waals surface area (Å²) in [5.74, 6) is -0.544. The lowest BCUT2D eigenvalue weighted by Crippen LogP contribution is -2.47. The van der Waals surface area contributed by atoms with Crippen LogP contribution in [-0.4, -0.2) is 54.3 Å². The molecule has 0 radical (unpaired) electrons. The third kappa shape index (κ3) is 7.13. The number of benzene rings is 3. The van der Waals surface area contributed by atoms with Crippen LogP contribution in [0.25, 0.3) is 22.5 Å². The van der Waals surface area contributed by atoms with Crippen molar-refractivity contribution >= 4 is 29.4 Å². The molecule has 3 N–H and O–H groups in total. The van der Waals surface area contributed by atoms with E-state index in [0.717, 1.165) is 5.56 Å². The van der Waals surface area contributed by atoms with Crippen LogP contribution in [0.2, 0.25) is 5.02 Å². The van der Waals surface area contributed by atoms with Crippen molar-refractivity contribution in [1.82, 2.24) is 29.9 Å². The maximum Gasteiger partial charge on any atom is 0.333 e. The largest absolute Gasteiger partial charge is 0.463 e. The Hall–Kier alpha value is -5.43. The molecule has 3 heterocycles. The molecule has 1 amide bonds. The number of nitrogens with two attached hydrogens (primary N) is 1. The van der Waals surface area contributed by atoms with Gasteiger partial charge in [-0.05, 0) is 46.2 Å². The van der Waals surface area contributed by atoms with Gasteiger partial charge in [0.2, 0.25) is 0 Å². The number of aliphatic imine (C=N–C) groups is 1. The third-order valence-corrected chi connectivity index (χ3v) is 8.69. The lowest BCUT2D eigenvalue weighted by Gasteiger charge is -2.35. The molecular formula is C36H35ClF2N8O3. The predicted molar refractivity (Wildman–Crippen MR) is 184 cm³/mol. The van der Waals surface area contributed by atoms with Crippen molar-refractivity contribution in [2.24, 2.45) is 16.1 Å². The Morgan fingerprint density at radius 1 is 1.06 bits per heavy atom. The number of hydrogen-bond donors (Lipinski definition) is 2. The van der Waals surface area contributed by atoms with Gasteiger partial charge in [0.1, 0.15) is 12.9 Å². The first kappa shape index (κ1) is 34.4. The Kier molecular flexibility index (Phi) is 9.52. The SMILES string of the molecule is CC(C)(C)C[C@]1(c2ccc(-c3cnn(C(F)F)c3)cc2)N=C(N)N([C@H](COC(=O)Cc2ccccc2)c2ccc(Cl)c(-c3ncn[nH]3)c2)C1=O. The summed E-state index contributed by atoms with van der Waals surface area (Å²) in [5, 5.41) is 10.9. The molecule has 0 bridgehead atoms. The summed E-state index contributed by atoms with van der Waals surface area (Å²) in [6.07, 6.45) is 4.28. The van der Waals surface area contributed by atoms with E-state index >= 15 is 0 Å². The predicted octanol–water partition coefficient (Wildman–Crippen LogP) is 6.70. The van der Waals surface area contributed by atoms with Crippen LogP contribution in [-0.2, 0) is 26.3 Å². The van der Waals surface area contributed by atoms with Crippen LogP contribution in [0.1, 0.15) is 56.5 Å². The number of halogens is 3. The number of hydrogen-bond acceptors (Lipinski definition) is 8. The highest BCUT2D eigenvalue weighted by atomic mass is 35.5. The smallest absolute Gasteiger partial charge is 0.333 e. The Balaban J connectivity index is 1.38. The number of aromatic nitrogens is 5. The van der Waals surface area contributed by atoms with Crippen molar-refractivity contribution < 1.29 is 23.1 Å². The lowest BCUT2D eigenvalue weighted by molar-refractivity contribution is -0.147. The monoisotopic (exact) mass is 700 g/mol. The van der Waals surface area contributed by atoms with Crippen molar-refractivity contribution in [1.29, 1.82) is 0 Å². The topological polar surface area (TPSA) is 144 Å². The normalized spacial score (nSPS) is 16.9. The van der Waals surface area contributed by atoms with Gasteiger partial charge in [0.25, 0.3) is 5.91 Å². The van der Waals surface area contributed by atoms with Crippen LogP contribution in [0, 0.1) is 5.41 Å². The molecule has 11 nitrogen and oxygen atoms in total. The van der Waals surface area contributed by atoms with Gasteiger partial charge in [-0.3, -0.25) is 19.6 Å². The molecule has 2 aromatic heterocycles. The van der Waals surface area contributed by atoms with Crippen LogP contribution in [0.5, 0.6) is 0 Å². The summed E-state index contributed by atoms with van der Waals surface area (Å²) >= 11 is 6.55. The second-order valence-corrected chi connectivity index (χ2v) is 13.6. The van der Waals surface area contributed by atoms with Crippen LogP contribution >= 0.6 is 11.6 Å². The zero-order valence-electron chi connectivity index (χ0n) is 27.6. The van der Waals surface area contributed by atoms with E-state index in [4.69, 9.17) is 27.1 Å². The molecule has 0 saturated heterocycles. The van der Waals surface area contributed by atoms with Gasteiger partial charge in [-0.1, -0.05) is 93.0 Å². The van der Waals surface area contributed by atoms with Gasteiger partial charge >= 0.3 is 12.5 Å². The zero-order valence-corrected chi connectivity index (χ0v) is 28.3. The van der Waals surface area contributed by atoms with E-state index in [1.807, 2.05) is 51.1 Å². The molecule has 0 saturated carbocycles. The summed E-state index contributed by atoms with van der Waals surface area (Å²) in [6.45, 7) is 2.99. The van der Waals surface area contributed by atoms with E-state index < -0.39 is 35.4 Å². The minimum absolute atomic E-state index is 0.0333. The molecule has 1 aliphatic rings. The maximum absolute atomic E-state index is 14.9. The molecule has 5 aromatic rings. The lowest BCUT2D eigenvalue weighted by atomic mass is 9.75. The minimum Gasteiger partial charge on any atom is -0.463 e. The quantitative estimate of drug-likeness (QED) is 0.146. The first-order valence-electron chi connectivity index (χ1n) is 15.8. The fourth-order valence-corrected chi connectivity index (χ4v) is 6.39. The van der Waals surface area contributed by atoms with Crippen LogP contribution in [0.3, 0.4) is 0 Å². The summed E-state index contributed by atoms with van der Waals surface area (Å²) in [4.78, 5) is 38.5. The molecule has 1 aliphatic heterocycles. The van der Waals surface area contributed by atoms with Gasteiger partial charge in [0.15, 0.2) is 17.3 Å². The van der Waals surface area contributed by atoms with Crippen LogP contribution in [0.15, 0.2) is 96.5 Å². The number of guanidine groups is 1. The van der Waals surface area contributed by atoms with Gasteiger partial charge in [-0.15, -0.1) is 0 Å². The molecule has 258 valence electrons. The molecule has 0 spiro atoms. The summed E-state index contributed by atoms with van der Waals surface area (Å²) in [6, 6.07) is 20.4. The molecule has 50 heavy (non-hydrogen) atoms. The third-order valence-electron chi connectivity index (χ3n) is 8.36. The number of nitrogens with one attached hydrogen (secondary N) is 1. The van der Waals surface area contributed by atoms with Crippen molar-refractivity contribution in [2.45, 2.75) is 51.7 Å². The number of H-pyrrole nitrogens is 1. The number of nitrogens with zero attached hydrogens (tertiary/aromatic N) is 6. The number of rotatable bonds is 11. The number of carbonyl (C=O) groups is 2. The van der Waals surface area contributed by atoms with E-state index in [-0.39, 0.29) is 25.4 Å². The number of aromatic amines is 1. The Bertz CT molecular complexity index is 2010. The first-order valence-corrected chi connectivity index (χ1v) is 16.2. The molecule has 3 aromatic carbocycles. The van der Waals surface area contributed by atoms with Gasteiger partial charge in [-0.2, -0.15) is 19.0 Å². The van der Waals surface area contributed by atoms with Crippen LogP contribution < -0.4 is 5.73 Å². The second-order valence-electron chi connectivity index (χ2n) is 13.2. The van der Waals surface area contributed by atoms with E-state index in [1.165, 1.54) is 23.6 Å². The average Bonchev–Trinajstić information content (AvgIpc) is 3.84. The fraction of sp³-hybridized carbons (Fsp3) is 0.278. The number of amides is 1. The molecule has 14 heteroatoms. The Morgan fingerprint density at radius 3 is 2.44 bits per heavy atom. The summed E-state index contributed by atoms with van der Waals surface area (Å²) in [7, 11) is 0. The van der Waals surface area contributed by atoms with Crippen LogP contribution in [0.4, 0.5) is 8.78 Å². The van der Waals surface area contributed by atoms with E-state index in [2.05, 4.69) is 20.3 Å². The zero-order chi connectivity index (χ0) is 35.6. The number of carbonyl (C=O) groups excluding carboxylic acids is 2. The second kappa shape index (κ2) is 13.8. The minimum atomic E-state index is -2.77. The van der Waals surface area contributed by atoms with E-state index in [1.54, 1.807) is 42.5 Å². The molecular weight excluding hydrogens is 666 g/mol. The van der Waals surface area contributed by atoms with Crippen molar-refractivity contribution in [3.8, 4) is 22.5 Å². The highest BCUT2D eigenvalue weighted by molar-refractivity contribution is 6.33. The molecule has 0 aliphatic carbocycles. The van der Waals surface area contributed by atoms with Gasteiger partial charge in [0, 0.05) is 17.3 Å². The fourth-order valence-electron chi connectivity index (χ4n) is 6.18. The van der Waals surface area contributed by atoms with E-state index in [0.29, 0.717) is 43.3 Å². The van der Waals surface area contributed by atoms with Crippen molar-refractivity contribution in [3.63, 3.8) is 0 Å². The molecule has 6 rings (SSSR count). The number of alkyl halides is 2. The van der Waals surface area contributed by atoms with Crippen molar-refractivity contribution in [3.05, 3.63) is 113 Å². The Labute approximate surface area is 292 Å². The maximum atomic E-state index is 14.9. The highest BCUT2D eigenvalue weighted by Gasteiger charge is 2.53.